The van der Waals surface area contributed by atoms with Gasteiger partial charge in [0, 0.05) is 29.9 Å². The van der Waals surface area contributed by atoms with E-state index in [1.165, 1.54) is 12.8 Å². The summed E-state index contributed by atoms with van der Waals surface area (Å²) in [6, 6.07) is 5.10. The van der Waals surface area contributed by atoms with Crippen LogP contribution in [-0.4, -0.2) is 30.8 Å². The molecule has 0 aromatic heterocycles. The molecule has 1 aromatic carbocycles. The standard InChI is InChI=1S/C14H18BrNO3/c15-12-6-11(14(17)18)7-13(8-12)16-4-1-5-19-9-10-2-3-10/h6-8,10,16H,1-5,9H2,(H,17,18). The van der Waals surface area contributed by atoms with Gasteiger partial charge in [0.05, 0.1) is 5.56 Å². The fraction of sp³-hybridized carbons (Fsp3) is 0.500. The molecular formula is C14H18BrNO3. The van der Waals surface area contributed by atoms with Gasteiger partial charge in [0.1, 0.15) is 0 Å². The number of carboxylic acids is 1. The molecule has 1 saturated carbocycles. The van der Waals surface area contributed by atoms with Gasteiger partial charge in [-0.05, 0) is 43.4 Å². The van der Waals surface area contributed by atoms with Crippen LogP contribution in [0.5, 0.6) is 0 Å². The van der Waals surface area contributed by atoms with Crippen LogP contribution in [0.15, 0.2) is 22.7 Å². The maximum Gasteiger partial charge on any atom is 0.335 e. The van der Waals surface area contributed by atoms with Gasteiger partial charge in [0.2, 0.25) is 0 Å². The first kappa shape index (κ1) is 14.3. The van der Waals surface area contributed by atoms with E-state index in [1.54, 1.807) is 12.1 Å². The van der Waals surface area contributed by atoms with E-state index >= 15 is 0 Å². The molecule has 2 rings (SSSR count). The highest BCUT2D eigenvalue weighted by Gasteiger charge is 2.20. The van der Waals surface area contributed by atoms with Gasteiger partial charge in [-0.15, -0.1) is 0 Å². The van der Waals surface area contributed by atoms with Gasteiger partial charge in [-0.3, -0.25) is 0 Å². The fourth-order valence-corrected chi connectivity index (χ4v) is 2.25. The minimum Gasteiger partial charge on any atom is -0.478 e. The van der Waals surface area contributed by atoms with E-state index in [2.05, 4.69) is 21.2 Å². The summed E-state index contributed by atoms with van der Waals surface area (Å²) in [5.41, 5.74) is 1.09. The van der Waals surface area contributed by atoms with Crippen molar-refractivity contribution in [2.75, 3.05) is 25.1 Å². The molecule has 4 nitrogen and oxygen atoms in total. The maximum absolute atomic E-state index is 10.9. The van der Waals surface area contributed by atoms with E-state index < -0.39 is 5.97 Å². The Bertz CT molecular complexity index is 446. The molecule has 0 atom stereocenters. The molecule has 1 aliphatic rings. The average molecular weight is 328 g/mol. The third kappa shape index (κ3) is 5.20. The second-order valence-electron chi connectivity index (χ2n) is 4.83. The molecule has 0 heterocycles. The number of hydrogen-bond acceptors (Lipinski definition) is 3. The van der Waals surface area contributed by atoms with Crippen molar-refractivity contribution >= 4 is 27.6 Å². The van der Waals surface area contributed by atoms with Gasteiger partial charge < -0.3 is 15.2 Å². The van der Waals surface area contributed by atoms with Crippen LogP contribution in [0.2, 0.25) is 0 Å². The summed E-state index contributed by atoms with van der Waals surface area (Å²) in [5.74, 6) is -0.117. The van der Waals surface area contributed by atoms with Crippen molar-refractivity contribution in [3.8, 4) is 0 Å². The Morgan fingerprint density at radius 2 is 2.21 bits per heavy atom. The molecule has 5 heteroatoms. The summed E-state index contributed by atoms with van der Waals surface area (Å²) < 4.78 is 6.30. The van der Waals surface area contributed by atoms with Crippen molar-refractivity contribution in [3.63, 3.8) is 0 Å². The number of aromatic carboxylic acids is 1. The molecule has 0 spiro atoms. The summed E-state index contributed by atoms with van der Waals surface area (Å²) in [7, 11) is 0. The Morgan fingerprint density at radius 1 is 1.42 bits per heavy atom. The zero-order valence-corrected chi connectivity index (χ0v) is 12.3. The number of halogens is 1. The van der Waals surface area contributed by atoms with Crippen molar-refractivity contribution in [3.05, 3.63) is 28.2 Å². The lowest BCUT2D eigenvalue weighted by atomic mass is 10.2. The zero-order chi connectivity index (χ0) is 13.7. The van der Waals surface area contributed by atoms with E-state index in [1.807, 2.05) is 6.07 Å². The van der Waals surface area contributed by atoms with Crippen molar-refractivity contribution in [1.82, 2.24) is 0 Å². The molecular weight excluding hydrogens is 310 g/mol. The molecule has 1 aliphatic carbocycles. The van der Waals surface area contributed by atoms with E-state index in [4.69, 9.17) is 9.84 Å². The Hall–Kier alpha value is -1.07. The number of carboxylic acid groups (broad SMARTS) is 1. The third-order valence-corrected chi connectivity index (χ3v) is 3.45. The second kappa shape index (κ2) is 6.91. The largest absolute Gasteiger partial charge is 0.478 e. The predicted octanol–water partition coefficient (Wildman–Crippen LogP) is 3.38. The summed E-state index contributed by atoms with van der Waals surface area (Å²) in [5, 5.41) is 12.2. The molecule has 0 unspecified atom stereocenters. The summed E-state index contributed by atoms with van der Waals surface area (Å²) in [4.78, 5) is 10.9. The van der Waals surface area contributed by atoms with Crippen LogP contribution in [-0.2, 0) is 4.74 Å². The fourth-order valence-electron chi connectivity index (χ4n) is 1.76. The molecule has 19 heavy (non-hydrogen) atoms. The van der Waals surface area contributed by atoms with Gasteiger partial charge in [0.25, 0.3) is 0 Å². The van der Waals surface area contributed by atoms with Crippen LogP contribution < -0.4 is 5.32 Å². The molecule has 2 N–H and O–H groups in total. The molecule has 104 valence electrons. The minimum absolute atomic E-state index is 0.279. The average Bonchev–Trinajstić information content (AvgIpc) is 3.17. The molecule has 0 saturated heterocycles. The van der Waals surface area contributed by atoms with Gasteiger partial charge >= 0.3 is 5.97 Å². The zero-order valence-electron chi connectivity index (χ0n) is 10.7. The van der Waals surface area contributed by atoms with Gasteiger partial charge in [-0.2, -0.15) is 0 Å². The topological polar surface area (TPSA) is 58.6 Å². The minimum atomic E-state index is -0.919. The number of rotatable bonds is 8. The molecule has 0 amide bonds. The van der Waals surface area contributed by atoms with Crippen LogP contribution in [0.4, 0.5) is 5.69 Å². The molecule has 0 radical (unpaired) electrons. The number of carbonyl (C=O) groups is 1. The molecule has 1 aromatic rings. The van der Waals surface area contributed by atoms with E-state index in [-0.39, 0.29) is 5.56 Å². The summed E-state index contributed by atoms with van der Waals surface area (Å²) in [6.07, 6.45) is 3.55. The monoisotopic (exact) mass is 327 g/mol. The number of ether oxygens (including phenoxy) is 1. The van der Waals surface area contributed by atoms with E-state index in [0.29, 0.717) is 0 Å². The van der Waals surface area contributed by atoms with Crippen molar-refractivity contribution in [2.24, 2.45) is 5.92 Å². The van der Waals surface area contributed by atoms with Crippen molar-refractivity contribution < 1.29 is 14.6 Å². The molecule has 0 bridgehead atoms. The SMILES string of the molecule is O=C(O)c1cc(Br)cc(NCCCOCC2CC2)c1. The Morgan fingerprint density at radius 3 is 2.89 bits per heavy atom. The van der Waals surface area contributed by atoms with Crippen molar-refractivity contribution in [2.45, 2.75) is 19.3 Å². The Kier molecular flexibility index (Phi) is 5.22. The molecule has 1 fully saturated rings. The first-order valence-electron chi connectivity index (χ1n) is 6.50. The lowest BCUT2D eigenvalue weighted by Crippen LogP contribution is -2.07. The first-order valence-corrected chi connectivity index (χ1v) is 7.30. The van der Waals surface area contributed by atoms with Crippen LogP contribution in [0.25, 0.3) is 0 Å². The highest BCUT2D eigenvalue weighted by molar-refractivity contribution is 9.10. The number of benzene rings is 1. The Labute approximate surface area is 121 Å². The summed E-state index contributed by atoms with van der Waals surface area (Å²) >= 11 is 3.31. The number of nitrogens with one attached hydrogen (secondary N) is 1. The second-order valence-corrected chi connectivity index (χ2v) is 5.75. The highest BCUT2D eigenvalue weighted by Crippen LogP contribution is 2.28. The van der Waals surface area contributed by atoms with Gasteiger partial charge in [-0.1, -0.05) is 15.9 Å². The molecule has 0 aliphatic heterocycles. The van der Waals surface area contributed by atoms with Crippen LogP contribution in [0, 0.1) is 5.92 Å². The highest BCUT2D eigenvalue weighted by atomic mass is 79.9. The van der Waals surface area contributed by atoms with Crippen molar-refractivity contribution in [1.29, 1.82) is 0 Å². The van der Waals surface area contributed by atoms with E-state index in [0.717, 1.165) is 42.3 Å². The maximum atomic E-state index is 10.9. The smallest absolute Gasteiger partial charge is 0.335 e. The van der Waals surface area contributed by atoms with Gasteiger partial charge in [-0.25, -0.2) is 4.79 Å². The number of anilines is 1. The predicted molar refractivity (Wildman–Crippen MR) is 77.8 cm³/mol. The lowest BCUT2D eigenvalue weighted by Gasteiger charge is -2.08. The quantitative estimate of drug-likeness (QED) is 0.718. The Balaban J connectivity index is 1.70. The van der Waals surface area contributed by atoms with Crippen LogP contribution >= 0.6 is 15.9 Å². The van der Waals surface area contributed by atoms with Crippen LogP contribution in [0.3, 0.4) is 0 Å². The summed E-state index contributed by atoms with van der Waals surface area (Å²) in [6.45, 7) is 2.42. The first-order chi connectivity index (χ1) is 9.15. The normalized spacial score (nSPS) is 14.4. The van der Waals surface area contributed by atoms with E-state index in [9.17, 15) is 4.79 Å². The number of hydrogen-bond donors (Lipinski definition) is 2. The third-order valence-electron chi connectivity index (χ3n) is 2.99. The lowest BCUT2D eigenvalue weighted by molar-refractivity contribution is 0.0697. The van der Waals surface area contributed by atoms with Crippen LogP contribution in [0.1, 0.15) is 29.6 Å². The van der Waals surface area contributed by atoms with Gasteiger partial charge in [0.15, 0.2) is 0 Å².